The highest BCUT2D eigenvalue weighted by Gasteiger charge is 2.42. The standard InChI is InChI=1S/C31H31F6NO5/c1-2-19-41-28(39)22-5-3-21(4-6-22)20-38-17-15-25(16-18-38)29(40,23-7-11-26(12-8-23)42-30(32,33)34)24-9-13-27(14-10-24)43-31(35,36)37/h3-14,25,40H,2,15-20H2,1H3. The molecule has 1 heterocycles. The summed E-state index contributed by atoms with van der Waals surface area (Å²) in [7, 11) is 0. The average molecular weight is 612 g/mol. The molecule has 1 N–H and O–H groups in total. The molecule has 3 aromatic carbocycles. The fourth-order valence-electron chi connectivity index (χ4n) is 5.25. The van der Waals surface area contributed by atoms with Crippen LogP contribution in [0.4, 0.5) is 26.3 Å². The van der Waals surface area contributed by atoms with Crippen molar-refractivity contribution in [2.45, 2.75) is 51.1 Å². The molecular weight excluding hydrogens is 580 g/mol. The van der Waals surface area contributed by atoms with E-state index < -0.39 is 35.7 Å². The number of nitrogens with zero attached hydrogens (tertiary/aromatic N) is 1. The second kappa shape index (κ2) is 13.3. The van der Waals surface area contributed by atoms with Gasteiger partial charge in [-0.2, -0.15) is 0 Å². The molecule has 6 nitrogen and oxygen atoms in total. The van der Waals surface area contributed by atoms with E-state index in [2.05, 4.69) is 14.4 Å². The highest BCUT2D eigenvalue weighted by atomic mass is 19.4. The minimum atomic E-state index is -4.89. The van der Waals surface area contributed by atoms with Gasteiger partial charge in [-0.1, -0.05) is 43.3 Å². The van der Waals surface area contributed by atoms with Gasteiger partial charge in [-0.25, -0.2) is 4.79 Å². The molecular formula is C31H31F6NO5. The first-order chi connectivity index (χ1) is 20.3. The topological polar surface area (TPSA) is 68.2 Å². The van der Waals surface area contributed by atoms with Crippen LogP contribution in [0.15, 0.2) is 72.8 Å². The molecule has 0 saturated carbocycles. The van der Waals surface area contributed by atoms with E-state index in [-0.39, 0.29) is 17.1 Å². The van der Waals surface area contributed by atoms with Gasteiger partial charge in [0, 0.05) is 6.54 Å². The number of alkyl halides is 6. The van der Waals surface area contributed by atoms with Gasteiger partial charge in [0.2, 0.25) is 0 Å². The minimum Gasteiger partial charge on any atom is -0.462 e. The van der Waals surface area contributed by atoms with Crippen LogP contribution >= 0.6 is 0 Å². The van der Waals surface area contributed by atoms with Crippen molar-refractivity contribution in [2.24, 2.45) is 5.92 Å². The number of rotatable bonds is 10. The van der Waals surface area contributed by atoms with E-state index in [1.807, 2.05) is 19.1 Å². The number of hydrogen-bond donors (Lipinski definition) is 1. The first-order valence-electron chi connectivity index (χ1n) is 13.7. The smallest absolute Gasteiger partial charge is 0.462 e. The van der Waals surface area contributed by atoms with Crippen molar-refractivity contribution in [2.75, 3.05) is 19.7 Å². The number of likely N-dealkylation sites (tertiary alicyclic amines) is 1. The van der Waals surface area contributed by atoms with Crippen LogP contribution in [0.25, 0.3) is 0 Å². The number of aliphatic hydroxyl groups is 1. The summed E-state index contributed by atoms with van der Waals surface area (Å²) in [5, 5.41) is 12.2. The Kier molecular flexibility index (Phi) is 9.91. The Morgan fingerprint density at radius 3 is 1.67 bits per heavy atom. The van der Waals surface area contributed by atoms with Crippen molar-refractivity contribution in [3.05, 3.63) is 95.1 Å². The van der Waals surface area contributed by atoms with Crippen LogP contribution in [-0.4, -0.2) is 48.4 Å². The first kappa shape index (κ1) is 32.2. The molecule has 1 aliphatic heterocycles. The van der Waals surface area contributed by atoms with Gasteiger partial charge in [-0.3, -0.25) is 4.90 Å². The van der Waals surface area contributed by atoms with Crippen molar-refractivity contribution >= 4 is 5.97 Å². The van der Waals surface area contributed by atoms with Crippen molar-refractivity contribution in [1.82, 2.24) is 4.90 Å². The van der Waals surface area contributed by atoms with Gasteiger partial charge in [-0.05, 0) is 91.4 Å². The second-order valence-electron chi connectivity index (χ2n) is 10.3. The van der Waals surface area contributed by atoms with Gasteiger partial charge < -0.3 is 19.3 Å². The third-order valence-corrected chi connectivity index (χ3v) is 7.27. The highest BCUT2D eigenvalue weighted by molar-refractivity contribution is 5.89. The summed E-state index contributed by atoms with van der Waals surface area (Å²) in [6.45, 7) is 3.98. The summed E-state index contributed by atoms with van der Waals surface area (Å²) in [4.78, 5) is 14.2. The van der Waals surface area contributed by atoms with E-state index in [0.717, 1.165) is 36.2 Å². The number of carbonyl (C=O) groups is 1. The van der Waals surface area contributed by atoms with E-state index >= 15 is 0 Å². The van der Waals surface area contributed by atoms with Gasteiger partial charge in [0.25, 0.3) is 0 Å². The molecule has 0 bridgehead atoms. The first-order valence-corrected chi connectivity index (χ1v) is 13.7. The Hall–Kier alpha value is -3.77. The predicted molar refractivity (Wildman–Crippen MR) is 144 cm³/mol. The molecule has 0 radical (unpaired) electrons. The fraction of sp³-hybridized carbons (Fsp3) is 0.387. The van der Waals surface area contributed by atoms with Crippen LogP contribution in [0.3, 0.4) is 0 Å². The molecule has 1 saturated heterocycles. The molecule has 0 spiro atoms. The number of halogens is 6. The Morgan fingerprint density at radius 1 is 0.791 bits per heavy atom. The van der Waals surface area contributed by atoms with E-state index in [4.69, 9.17) is 4.74 Å². The van der Waals surface area contributed by atoms with Crippen LogP contribution in [0.5, 0.6) is 11.5 Å². The second-order valence-corrected chi connectivity index (χ2v) is 10.3. The zero-order valence-electron chi connectivity index (χ0n) is 23.3. The summed E-state index contributed by atoms with van der Waals surface area (Å²) in [6.07, 6.45) is -8.08. The number of carbonyl (C=O) groups excluding carboxylic acids is 1. The maximum Gasteiger partial charge on any atom is 0.573 e. The van der Waals surface area contributed by atoms with Crippen LogP contribution in [0.1, 0.15) is 53.2 Å². The average Bonchev–Trinajstić information content (AvgIpc) is 2.95. The lowest BCUT2D eigenvalue weighted by molar-refractivity contribution is -0.275. The molecule has 0 unspecified atom stereocenters. The lowest BCUT2D eigenvalue weighted by Gasteiger charge is -2.42. The van der Waals surface area contributed by atoms with E-state index in [0.29, 0.717) is 44.6 Å². The van der Waals surface area contributed by atoms with Gasteiger partial charge >= 0.3 is 18.7 Å². The molecule has 43 heavy (non-hydrogen) atoms. The number of ether oxygens (including phenoxy) is 3. The van der Waals surface area contributed by atoms with Crippen LogP contribution in [0.2, 0.25) is 0 Å². The third-order valence-electron chi connectivity index (χ3n) is 7.27. The van der Waals surface area contributed by atoms with Gasteiger partial charge in [0.15, 0.2) is 0 Å². The quantitative estimate of drug-likeness (QED) is 0.193. The summed E-state index contributed by atoms with van der Waals surface area (Å²) in [5.74, 6) is -1.73. The van der Waals surface area contributed by atoms with Gasteiger partial charge in [-0.15, -0.1) is 26.3 Å². The monoisotopic (exact) mass is 611 g/mol. The van der Waals surface area contributed by atoms with Crippen LogP contribution < -0.4 is 9.47 Å². The summed E-state index contributed by atoms with van der Waals surface area (Å²) in [6, 6.07) is 16.7. The minimum absolute atomic E-state index is 0.274. The lowest BCUT2D eigenvalue weighted by atomic mass is 9.72. The summed E-state index contributed by atoms with van der Waals surface area (Å²) in [5.41, 5.74) is 0.256. The number of piperidine rings is 1. The van der Waals surface area contributed by atoms with Crippen molar-refractivity contribution in [3.8, 4) is 11.5 Å². The van der Waals surface area contributed by atoms with Crippen LogP contribution in [0, 0.1) is 5.92 Å². The normalized spacial score (nSPS) is 15.3. The molecule has 1 aliphatic rings. The number of hydrogen-bond acceptors (Lipinski definition) is 6. The molecule has 0 aliphatic carbocycles. The lowest BCUT2D eigenvalue weighted by Crippen LogP contribution is -2.44. The number of benzene rings is 3. The third kappa shape index (κ3) is 8.64. The highest BCUT2D eigenvalue weighted by Crippen LogP contribution is 2.43. The molecule has 0 amide bonds. The Bertz CT molecular complexity index is 1270. The SMILES string of the molecule is CCCOC(=O)c1ccc(CN2CCC(C(O)(c3ccc(OC(F)(F)F)cc3)c3ccc(OC(F)(F)F)cc3)CC2)cc1. The van der Waals surface area contributed by atoms with E-state index in [9.17, 15) is 36.2 Å². The predicted octanol–water partition coefficient (Wildman–Crippen LogP) is 7.20. The molecule has 0 atom stereocenters. The summed E-state index contributed by atoms with van der Waals surface area (Å²) >= 11 is 0. The maximum absolute atomic E-state index is 12.7. The summed E-state index contributed by atoms with van der Waals surface area (Å²) < 4.78 is 89.2. The zero-order valence-corrected chi connectivity index (χ0v) is 23.3. The fourth-order valence-corrected chi connectivity index (χ4v) is 5.25. The molecule has 3 aromatic rings. The van der Waals surface area contributed by atoms with Crippen molar-refractivity contribution in [3.63, 3.8) is 0 Å². The van der Waals surface area contributed by atoms with Gasteiger partial charge in [0.05, 0.1) is 12.2 Å². The molecule has 1 fully saturated rings. The number of esters is 1. The van der Waals surface area contributed by atoms with Crippen LogP contribution in [-0.2, 0) is 16.9 Å². The Labute approximate surface area is 244 Å². The molecule has 0 aromatic heterocycles. The Morgan fingerprint density at radius 2 is 1.26 bits per heavy atom. The molecule has 12 heteroatoms. The Balaban J connectivity index is 1.51. The maximum atomic E-state index is 12.7. The van der Waals surface area contributed by atoms with Gasteiger partial charge in [0.1, 0.15) is 17.1 Å². The largest absolute Gasteiger partial charge is 0.573 e. The molecule has 232 valence electrons. The van der Waals surface area contributed by atoms with E-state index in [1.165, 1.54) is 24.3 Å². The van der Waals surface area contributed by atoms with Crippen molar-refractivity contribution < 1.29 is 50.5 Å². The molecule has 4 rings (SSSR count). The zero-order chi connectivity index (χ0) is 31.3. The van der Waals surface area contributed by atoms with E-state index in [1.54, 1.807) is 12.1 Å². The van der Waals surface area contributed by atoms with Crippen molar-refractivity contribution in [1.29, 1.82) is 0 Å².